The molecule has 0 aliphatic carbocycles. The Labute approximate surface area is 108 Å². The number of amides is 1. The van der Waals surface area contributed by atoms with Crippen LogP contribution in [0.25, 0.3) is 5.52 Å². The number of alkyl halides is 1. The molecular formula is C12H14BrN3O. The third-order valence-corrected chi connectivity index (χ3v) is 3.47. The van der Waals surface area contributed by atoms with E-state index in [1.807, 2.05) is 31.3 Å². The molecule has 1 amide bonds. The molecule has 0 saturated heterocycles. The van der Waals surface area contributed by atoms with Crippen molar-refractivity contribution in [2.24, 2.45) is 0 Å². The molecule has 90 valence electrons. The molecule has 2 heterocycles. The lowest BCUT2D eigenvalue weighted by atomic mass is 10.2. The Balaban J connectivity index is 2.25. The maximum absolute atomic E-state index is 12.1. The summed E-state index contributed by atoms with van der Waals surface area (Å²) in [6, 6.07) is 5.82. The fourth-order valence-corrected chi connectivity index (χ4v) is 2.24. The van der Waals surface area contributed by atoms with Gasteiger partial charge in [-0.25, -0.2) is 4.52 Å². The van der Waals surface area contributed by atoms with Crippen LogP contribution in [0.1, 0.15) is 23.7 Å². The minimum absolute atomic E-state index is 0.0718. The molecule has 0 fully saturated rings. The lowest BCUT2D eigenvalue weighted by Crippen LogP contribution is -2.35. The van der Waals surface area contributed by atoms with Gasteiger partial charge < -0.3 is 5.32 Å². The lowest BCUT2D eigenvalue weighted by Gasteiger charge is -2.13. The van der Waals surface area contributed by atoms with Crippen molar-refractivity contribution in [3.05, 3.63) is 36.2 Å². The van der Waals surface area contributed by atoms with Crippen molar-refractivity contribution in [2.45, 2.75) is 19.4 Å². The molecule has 0 aliphatic heterocycles. The van der Waals surface area contributed by atoms with E-state index < -0.39 is 0 Å². The number of rotatable bonds is 4. The summed E-state index contributed by atoms with van der Waals surface area (Å²) in [4.78, 5) is 12.1. The second-order valence-electron chi connectivity index (χ2n) is 3.82. The van der Waals surface area contributed by atoms with E-state index in [0.717, 1.165) is 17.3 Å². The molecule has 0 spiro atoms. The predicted molar refractivity (Wildman–Crippen MR) is 70.5 cm³/mol. The highest BCUT2D eigenvalue weighted by atomic mass is 79.9. The van der Waals surface area contributed by atoms with Gasteiger partial charge in [0.15, 0.2) is 0 Å². The second kappa shape index (κ2) is 5.31. The number of carbonyl (C=O) groups excluding carboxylic acids is 1. The first-order valence-corrected chi connectivity index (χ1v) is 6.67. The molecule has 0 radical (unpaired) electrons. The van der Waals surface area contributed by atoms with Gasteiger partial charge in [-0.2, -0.15) is 5.10 Å². The largest absolute Gasteiger partial charge is 0.348 e. The highest BCUT2D eigenvalue weighted by molar-refractivity contribution is 9.09. The number of fused-ring (bicyclic) bond motifs is 1. The molecule has 5 heteroatoms. The number of halogens is 1. The molecule has 0 bridgehead atoms. The second-order valence-corrected chi connectivity index (χ2v) is 4.47. The van der Waals surface area contributed by atoms with Crippen LogP contribution in [0.2, 0.25) is 0 Å². The summed E-state index contributed by atoms with van der Waals surface area (Å²) in [5, 5.41) is 7.87. The predicted octanol–water partition coefficient (Wildman–Crippen LogP) is 2.24. The Morgan fingerprint density at radius 1 is 1.59 bits per heavy atom. The minimum Gasteiger partial charge on any atom is -0.348 e. The van der Waals surface area contributed by atoms with Crippen molar-refractivity contribution in [1.29, 1.82) is 0 Å². The summed E-state index contributed by atoms with van der Waals surface area (Å²) >= 11 is 3.38. The summed E-state index contributed by atoms with van der Waals surface area (Å²) in [5.41, 5.74) is 1.44. The molecule has 1 N–H and O–H groups in total. The summed E-state index contributed by atoms with van der Waals surface area (Å²) in [5.74, 6) is -0.0718. The number of hydrogen-bond donors (Lipinski definition) is 1. The highest BCUT2D eigenvalue weighted by Crippen LogP contribution is 2.10. The quantitative estimate of drug-likeness (QED) is 0.880. The molecule has 2 aromatic rings. The first-order valence-electron chi connectivity index (χ1n) is 5.55. The average Bonchev–Trinajstić information content (AvgIpc) is 2.79. The number of hydrogen-bond acceptors (Lipinski definition) is 2. The van der Waals surface area contributed by atoms with E-state index in [4.69, 9.17) is 0 Å². The van der Waals surface area contributed by atoms with Crippen LogP contribution in [0.5, 0.6) is 0 Å². The zero-order valence-electron chi connectivity index (χ0n) is 9.56. The SMILES string of the molecule is CCC(CBr)NC(=O)c1cnn2ccccc12. The van der Waals surface area contributed by atoms with Gasteiger partial charge in [-0.1, -0.05) is 28.9 Å². The molecule has 0 aromatic carbocycles. The van der Waals surface area contributed by atoms with Gasteiger partial charge in [0.2, 0.25) is 0 Å². The van der Waals surface area contributed by atoms with Crippen LogP contribution in [0.4, 0.5) is 0 Å². The Morgan fingerprint density at radius 3 is 3.12 bits per heavy atom. The normalized spacial score (nSPS) is 12.6. The van der Waals surface area contributed by atoms with Crippen molar-refractivity contribution >= 4 is 27.4 Å². The van der Waals surface area contributed by atoms with Gasteiger partial charge in [0, 0.05) is 17.6 Å². The van der Waals surface area contributed by atoms with Gasteiger partial charge in [-0.15, -0.1) is 0 Å². The van der Waals surface area contributed by atoms with Gasteiger partial charge >= 0.3 is 0 Å². The topological polar surface area (TPSA) is 46.4 Å². The standard InChI is InChI=1S/C12H14BrN3O/c1-2-9(7-13)15-12(17)10-8-14-16-6-4-3-5-11(10)16/h3-6,8-9H,2,7H2,1H3,(H,15,17). The highest BCUT2D eigenvalue weighted by Gasteiger charge is 2.15. The van der Waals surface area contributed by atoms with Gasteiger partial charge in [0.05, 0.1) is 17.3 Å². The van der Waals surface area contributed by atoms with Gasteiger partial charge in [0.25, 0.3) is 5.91 Å². The van der Waals surface area contributed by atoms with Gasteiger partial charge in [-0.3, -0.25) is 4.79 Å². The van der Waals surface area contributed by atoms with Crippen molar-refractivity contribution in [1.82, 2.24) is 14.9 Å². The van der Waals surface area contributed by atoms with E-state index in [1.54, 1.807) is 10.7 Å². The van der Waals surface area contributed by atoms with E-state index in [-0.39, 0.29) is 11.9 Å². The molecule has 1 unspecified atom stereocenters. The smallest absolute Gasteiger partial charge is 0.255 e. The van der Waals surface area contributed by atoms with E-state index in [0.29, 0.717) is 5.56 Å². The van der Waals surface area contributed by atoms with Crippen LogP contribution in [0.3, 0.4) is 0 Å². The molecule has 2 rings (SSSR count). The Bertz CT molecular complexity index is 519. The average molecular weight is 296 g/mol. The zero-order chi connectivity index (χ0) is 12.3. The Hall–Kier alpha value is -1.36. The van der Waals surface area contributed by atoms with E-state index >= 15 is 0 Å². The third-order valence-electron chi connectivity index (χ3n) is 2.69. The lowest BCUT2D eigenvalue weighted by molar-refractivity contribution is 0.0942. The maximum atomic E-state index is 12.1. The summed E-state index contributed by atoms with van der Waals surface area (Å²) in [6.07, 6.45) is 4.33. The monoisotopic (exact) mass is 295 g/mol. The van der Waals surface area contributed by atoms with Crippen LogP contribution >= 0.6 is 15.9 Å². The van der Waals surface area contributed by atoms with Crippen molar-refractivity contribution in [2.75, 3.05) is 5.33 Å². The molecule has 1 atom stereocenters. The number of pyridine rings is 1. The summed E-state index contributed by atoms with van der Waals surface area (Å²) < 4.78 is 1.70. The molecule has 4 nitrogen and oxygen atoms in total. The van der Waals surface area contributed by atoms with Gasteiger partial charge in [-0.05, 0) is 18.6 Å². The molecule has 0 saturated carbocycles. The van der Waals surface area contributed by atoms with Crippen molar-refractivity contribution < 1.29 is 4.79 Å². The third kappa shape index (κ3) is 2.49. The van der Waals surface area contributed by atoms with Crippen LogP contribution < -0.4 is 5.32 Å². The summed E-state index contributed by atoms with van der Waals surface area (Å²) in [7, 11) is 0. The fourth-order valence-electron chi connectivity index (χ4n) is 1.62. The number of aromatic nitrogens is 2. The van der Waals surface area contributed by atoms with Crippen LogP contribution in [0.15, 0.2) is 30.6 Å². The van der Waals surface area contributed by atoms with Gasteiger partial charge in [0.1, 0.15) is 0 Å². The molecule has 0 aliphatic rings. The fraction of sp³-hybridized carbons (Fsp3) is 0.333. The van der Waals surface area contributed by atoms with Crippen LogP contribution in [-0.4, -0.2) is 26.9 Å². The van der Waals surface area contributed by atoms with E-state index in [2.05, 4.69) is 26.3 Å². The Morgan fingerprint density at radius 2 is 2.41 bits per heavy atom. The van der Waals surface area contributed by atoms with Crippen LogP contribution in [-0.2, 0) is 0 Å². The van der Waals surface area contributed by atoms with Crippen molar-refractivity contribution in [3.8, 4) is 0 Å². The first-order chi connectivity index (χ1) is 8.26. The zero-order valence-corrected chi connectivity index (χ0v) is 11.1. The molecule has 2 aromatic heterocycles. The number of nitrogens with one attached hydrogen (secondary N) is 1. The minimum atomic E-state index is -0.0718. The van der Waals surface area contributed by atoms with E-state index in [1.165, 1.54) is 0 Å². The molecule has 17 heavy (non-hydrogen) atoms. The Kier molecular flexibility index (Phi) is 3.78. The van der Waals surface area contributed by atoms with Crippen molar-refractivity contribution in [3.63, 3.8) is 0 Å². The summed E-state index contributed by atoms with van der Waals surface area (Å²) in [6.45, 7) is 2.04. The number of nitrogens with zero attached hydrogens (tertiary/aromatic N) is 2. The first kappa shape index (κ1) is 12.1. The number of carbonyl (C=O) groups is 1. The van der Waals surface area contributed by atoms with Crippen LogP contribution in [0, 0.1) is 0 Å². The molecular weight excluding hydrogens is 282 g/mol. The van der Waals surface area contributed by atoms with E-state index in [9.17, 15) is 4.79 Å². The maximum Gasteiger partial charge on any atom is 0.255 e.